The number of nitrogens with zero attached hydrogens (tertiary/aromatic N) is 3. The molecule has 0 fully saturated rings. The quantitative estimate of drug-likeness (QED) is 0.133. The lowest BCUT2D eigenvalue weighted by atomic mass is 9.86. The number of ether oxygens (including phenoxy) is 2. The van der Waals surface area contributed by atoms with Crippen LogP contribution < -0.4 is 26.1 Å². The van der Waals surface area contributed by atoms with Crippen LogP contribution in [-0.4, -0.2) is 68.3 Å². The number of anilines is 2. The monoisotopic (exact) mass is 573 g/mol. The summed E-state index contributed by atoms with van der Waals surface area (Å²) in [5, 5.41) is 20.8. The number of aromatic nitrogens is 1. The predicted octanol–water partition coefficient (Wildman–Crippen LogP) is 2.09. The highest BCUT2D eigenvalue weighted by Crippen LogP contribution is 2.39. The Morgan fingerprint density at radius 1 is 1.12 bits per heavy atom. The van der Waals surface area contributed by atoms with Gasteiger partial charge in [-0.1, -0.05) is 18.2 Å². The van der Waals surface area contributed by atoms with Crippen molar-refractivity contribution in [2.75, 3.05) is 45.2 Å². The summed E-state index contributed by atoms with van der Waals surface area (Å²) in [7, 11) is 0.297. The number of aryl methyl sites for hydroxylation is 1. The summed E-state index contributed by atoms with van der Waals surface area (Å²) in [5.74, 6) is 4.57. The number of nitrogen functional groups attached to an aromatic ring is 1. The maximum atomic E-state index is 13.6. The van der Waals surface area contributed by atoms with E-state index in [1.165, 1.54) is 37.6 Å². The van der Waals surface area contributed by atoms with Crippen LogP contribution in [0.15, 0.2) is 53.6 Å². The number of carboxylic acids is 1. The van der Waals surface area contributed by atoms with Crippen molar-refractivity contribution < 1.29 is 32.9 Å². The Kier molecular flexibility index (Phi) is 9.93. The Morgan fingerprint density at radius 2 is 1.85 bits per heavy atom. The van der Waals surface area contributed by atoms with Gasteiger partial charge in [-0.3, -0.25) is 4.79 Å². The van der Waals surface area contributed by atoms with Gasteiger partial charge in [0.25, 0.3) is 0 Å². The number of sulfonamides is 1. The molecule has 0 aliphatic heterocycles. The molecule has 0 amide bonds. The average molecular weight is 574 g/mol. The normalized spacial score (nSPS) is 12.3. The van der Waals surface area contributed by atoms with Gasteiger partial charge in [0.05, 0.1) is 32.9 Å². The van der Waals surface area contributed by atoms with Crippen molar-refractivity contribution in [1.82, 2.24) is 9.29 Å². The highest BCUT2D eigenvalue weighted by atomic mass is 32.2. The molecule has 3 rings (SSSR count). The third-order valence-corrected chi connectivity index (χ3v) is 8.36. The second kappa shape index (κ2) is 13.0. The fourth-order valence-electron chi connectivity index (χ4n) is 4.52. The second-order valence-electron chi connectivity index (χ2n) is 9.18. The van der Waals surface area contributed by atoms with E-state index in [0.717, 1.165) is 9.87 Å². The minimum absolute atomic E-state index is 0.0597. The summed E-state index contributed by atoms with van der Waals surface area (Å²) in [6.45, 7) is 1.16. The molecule has 216 valence electrons. The lowest BCUT2D eigenvalue weighted by molar-refractivity contribution is -0.137. The number of aliphatic carboxylic acids is 1. The SMILES string of the molecule is COc1cc(C(CC(=O)O)c2ccc(C)c(CN(CCO)S(=O)(=O)c3cccnc3OC)c2)cc(N)c1N(C)N. The number of carbonyl (C=O) groups is 1. The van der Waals surface area contributed by atoms with Crippen LogP contribution in [-0.2, 0) is 21.4 Å². The minimum Gasteiger partial charge on any atom is -0.494 e. The molecule has 12 nitrogen and oxygen atoms in total. The molecule has 0 saturated carbocycles. The van der Waals surface area contributed by atoms with Crippen molar-refractivity contribution in [3.05, 3.63) is 70.9 Å². The second-order valence-corrected chi connectivity index (χ2v) is 11.1. The highest BCUT2D eigenvalue weighted by molar-refractivity contribution is 7.89. The van der Waals surface area contributed by atoms with E-state index >= 15 is 0 Å². The molecule has 0 bridgehead atoms. The third-order valence-electron chi connectivity index (χ3n) is 6.50. The van der Waals surface area contributed by atoms with Crippen LogP contribution in [0.25, 0.3) is 0 Å². The first kappa shape index (κ1) is 30.6. The molecule has 1 heterocycles. The molecule has 1 aromatic heterocycles. The van der Waals surface area contributed by atoms with Crippen molar-refractivity contribution in [2.24, 2.45) is 5.84 Å². The summed E-state index contributed by atoms with van der Waals surface area (Å²) in [4.78, 5) is 15.8. The number of benzene rings is 2. The van der Waals surface area contributed by atoms with Gasteiger partial charge in [-0.05, 0) is 53.4 Å². The van der Waals surface area contributed by atoms with E-state index in [1.807, 2.05) is 6.92 Å². The van der Waals surface area contributed by atoms with Gasteiger partial charge in [-0.2, -0.15) is 4.31 Å². The van der Waals surface area contributed by atoms with Gasteiger partial charge in [0, 0.05) is 32.3 Å². The Morgan fingerprint density at radius 3 is 2.45 bits per heavy atom. The number of aliphatic hydroxyl groups is 1. The average Bonchev–Trinajstić information content (AvgIpc) is 2.91. The van der Waals surface area contributed by atoms with Crippen LogP contribution in [0, 0.1) is 6.92 Å². The smallest absolute Gasteiger partial charge is 0.304 e. The molecule has 1 unspecified atom stereocenters. The molecule has 3 aromatic rings. The molecule has 1 atom stereocenters. The molecule has 0 radical (unpaired) electrons. The molecule has 40 heavy (non-hydrogen) atoms. The number of methoxy groups -OCH3 is 2. The summed E-state index contributed by atoms with van der Waals surface area (Å²) >= 11 is 0. The number of hydrazine groups is 1. The first-order valence-corrected chi connectivity index (χ1v) is 13.8. The number of hydrogen-bond acceptors (Lipinski definition) is 10. The molecule has 6 N–H and O–H groups in total. The molecule has 0 saturated heterocycles. The van der Waals surface area contributed by atoms with Gasteiger partial charge in [0.2, 0.25) is 15.9 Å². The lowest BCUT2D eigenvalue weighted by Gasteiger charge is -2.25. The van der Waals surface area contributed by atoms with Crippen LogP contribution in [0.4, 0.5) is 11.4 Å². The fraction of sp³-hybridized carbons (Fsp3) is 0.333. The van der Waals surface area contributed by atoms with Crippen molar-refractivity contribution in [3.8, 4) is 11.6 Å². The van der Waals surface area contributed by atoms with Crippen LogP contribution >= 0.6 is 0 Å². The highest BCUT2D eigenvalue weighted by Gasteiger charge is 2.29. The van der Waals surface area contributed by atoms with Crippen molar-refractivity contribution in [3.63, 3.8) is 0 Å². The Labute approximate surface area is 233 Å². The van der Waals surface area contributed by atoms with E-state index in [9.17, 15) is 23.4 Å². The zero-order chi connectivity index (χ0) is 29.6. The van der Waals surface area contributed by atoms with Crippen LogP contribution in [0.1, 0.15) is 34.6 Å². The standard InChI is InChI=1S/C27H35N5O7S/c1-17-7-8-18(21(15-25(34)35)19-13-22(28)26(31(2)29)23(14-19)38-3)12-20(17)16-32(10-11-33)40(36,37)24-6-5-9-30-27(24)39-4/h5-9,12-14,21,33H,10-11,15-16,28-29H2,1-4H3,(H,34,35). The van der Waals surface area contributed by atoms with Crippen molar-refractivity contribution in [1.29, 1.82) is 0 Å². The first-order valence-electron chi connectivity index (χ1n) is 12.3. The number of aliphatic hydroxyl groups excluding tert-OH is 1. The molecule has 0 spiro atoms. The number of carboxylic acid groups (broad SMARTS) is 1. The number of rotatable bonds is 13. The van der Waals surface area contributed by atoms with Crippen molar-refractivity contribution in [2.45, 2.75) is 30.7 Å². The third kappa shape index (κ3) is 6.62. The molecule has 0 aliphatic rings. The summed E-state index contributed by atoms with van der Waals surface area (Å²) in [6, 6.07) is 11.6. The predicted molar refractivity (Wildman–Crippen MR) is 151 cm³/mol. The zero-order valence-corrected chi connectivity index (χ0v) is 23.7. The zero-order valence-electron chi connectivity index (χ0n) is 22.9. The van der Waals surface area contributed by atoms with E-state index in [1.54, 1.807) is 37.4 Å². The fourth-order valence-corrected chi connectivity index (χ4v) is 6.03. The van der Waals surface area contributed by atoms with Gasteiger partial charge in [-0.15, -0.1) is 0 Å². The number of pyridine rings is 1. The van der Waals surface area contributed by atoms with E-state index < -0.39 is 28.5 Å². The van der Waals surface area contributed by atoms with Crippen molar-refractivity contribution >= 4 is 27.4 Å². The largest absolute Gasteiger partial charge is 0.494 e. The first-order chi connectivity index (χ1) is 18.9. The minimum atomic E-state index is -4.11. The van der Waals surface area contributed by atoms with Gasteiger partial charge >= 0.3 is 5.97 Å². The van der Waals surface area contributed by atoms with Gasteiger partial charge in [0.15, 0.2) is 0 Å². The van der Waals surface area contributed by atoms with E-state index in [2.05, 4.69) is 4.98 Å². The van der Waals surface area contributed by atoms with E-state index in [4.69, 9.17) is 21.1 Å². The summed E-state index contributed by atoms with van der Waals surface area (Å²) in [6.07, 6.45) is 1.17. The maximum absolute atomic E-state index is 13.6. The molecule has 0 aliphatic carbocycles. The van der Waals surface area contributed by atoms with Crippen LogP contribution in [0.5, 0.6) is 11.6 Å². The molecular formula is C27H35N5O7S. The molecule has 13 heteroatoms. The Balaban J connectivity index is 2.09. The topological polar surface area (TPSA) is 182 Å². The van der Waals surface area contributed by atoms with Crippen LogP contribution in [0.2, 0.25) is 0 Å². The number of hydrogen-bond donors (Lipinski definition) is 4. The van der Waals surface area contributed by atoms with Gasteiger partial charge in [-0.25, -0.2) is 19.2 Å². The Bertz CT molecular complexity index is 1460. The summed E-state index contributed by atoms with van der Waals surface area (Å²) in [5.41, 5.74) is 9.68. The van der Waals surface area contributed by atoms with Gasteiger partial charge in [0.1, 0.15) is 16.3 Å². The van der Waals surface area contributed by atoms with Gasteiger partial charge < -0.3 is 30.4 Å². The lowest BCUT2D eigenvalue weighted by Crippen LogP contribution is -2.33. The summed E-state index contributed by atoms with van der Waals surface area (Å²) < 4.78 is 38.9. The Hall–Kier alpha value is -3.91. The molecule has 2 aromatic carbocycles. The van der Waals surface area contributed by atoms with E-state index in [0.29, 0.717) is 33.8 Å². The van der Waals surface area contributed by atoms with Crippen LogP contribution in [0.3, 0.4) is 0 Å². The molecular weight excluding hydrogens is 538 g/mol. The number of nitrogens with two attached hydrogens (primary N) is 2. The maximum Gasteiger partial charge on any atom is 0.304 e. The van der Waals surface area contributed by atoms with E-state index in [-0.39, 0.29) is 30.3 Å².